The maximum absolute atomic E-state index is 12.9. The largest absolute Gasteiger partial charge is 0.254 e. The molecular weight excluding hydrogens is 266 g/mol. The van der Waals surface area contributed by atoms with E-state index in [1.54, 1.807) is 0 Å². The van der Waals surface area contributed by atoms with Gasteiger partial charge < -0.3 is 0 Å². The molecule has 1 aromatic carbocycles. The lowest BCUT2D eigenvalue weighted by Crippen LogP contribution is -2.32. The first-order valence-electron chi connectivity index (χ1n) is 7.44. The fourth-order valence-corrected chi connectivity index (χ4v) is 5.00. The number of rotatable bonds is 3. The fourth-order valence-electron chi connectivity index (χ4n) is 3.16. The molecule has 0 bridgehead atoms. The molecule has 0 saturated heterocycles. The van der Waals surface area contributed by atoms with Crippen LogP contribution in [0.15, 0.2) is 23.1 Å². The Labute approximate surface area is 124 Å². The van der Waals surface area contributed by atoms with E-state index < -0.39 is 10.8 Å². The zero-order valence-electron chi connectivity index (χ0n) is 12.6. The molecule has 1 aliphatic carbocycles. The highest BCUT2D eigenvalue weighted by atomic mass is 32.2. The van der Waals surface area contributed by atoms with Crippen molar-refractivity contribution in [2.45, 2.75) is 56.6 Å². The van der Waals surface area contributed by atoms with Crippen molar-refractivity contribution in [1.82, 2.24) is 0 Å². The Morgan fingerprint density at radius 3 is 2.70 bits per heavy atom. The van der Waals surface area contributed by atoms with Gasteiger partial charge in [-0.2, -0.15) is 5.26 Å². The van der Waals surface area contributed by atoms with E-state index in [2.05, 4.69) is 19.1 Å². The first-order valence-corrected chi connectivity index (χ1v) is 8.65. The smallest absolute Gasteiger partial charge is 0.0668 e. The quantitative estimate of drug-likeness (QED) is 0.839. The van der Waals surface area contributed by atoms with Crippen molar-refractivity contribution in [1.29, 1.82) is 5.26 Å². The van der Waals surface area contributed by atoms with Gasteiger partial charge in [0.05, 0.1) is 28.0 Å². The van der Waals surface area contributed by atoms with Crippen LogP contribution in [0, 0.1) is 37.0 Å². The van der Waals surface area contributed by atoms with Gasteiger partial charge in [-0.15, -0.1) is 0 Å². The first-order chi connectivity index (χ1) is 9.56. The summed E-state index contributed by atoms with van der Waals surface area (Å²) in [7, 11) is -1.06. The second kappa shape index (κ2) is 6.54. The van der Waals surface area contributed by atoms with Crippen LogP contribution in [0.4, 0.5) is 0 Å². The lowest BCUT2D eigenvalue weighted by atomic mass is 9.81. The van der Waals surface area contributed by atoms with Crippen LogP contribution in [0.5, 0.6) is 0 Å². The Balaban J connectivity index is 2.27. The molecule has 1 aliphatic rings. The van der Waals surface area contributed by atoms with Crippen molar-refractivity contribution in [2.75, 3.05) is 0 Å². The van der Waals surface area contributed by atoms with Gasteiger partial charge in [0.2, 0.25) is 0 Å². The third-order valence-corrected chi connectivity index (χ3v) is 6.43. The summed E-state index contributed by atoms with van der Waals surface area (Å²) in [5.74, 6) is 0.568. The summed E-state index contributed by atoms with van der Waals surface area (Å²) >= 11 is 0. The van der Waals surface area contributed by atoms with Crippen LogP contribution < -0.4 is 0 Å². The molecule has 0 aliphatic heterocycles. The fraction of sp³-hybridized carbons (Fsp3) is 0.588. The SMILES string of the molecule is CCC1CCC(C#N)C(S(=O)c2ccc(C)cc2C)C1. The number of nitrogens with zero attached hydrogens (tertiary/aromatic N) is 1. The van der Waals surface area contributed by atoms with Crippen molar-refractivity contribution in [3.63, 3.8) is 0 Å². The highest BCUT2D eigenvalue weighted by molar-refractivity contribution is 7.85. The number of hydrogen-bond acceptors (Lipinski definition) is 2. The third kappa shape index (κ3) is 3.12. The Hall–Kier alpha value is -1.14. The van der Waals surface area contributed by atoms with E-state index >= 15 is 0 Å². The third-order valence-electron chi connectivity index (χ3n) is 4.47. The van der Waals surface area contributed by atoms with Crippen LogP contribution in [-0.4, -0.2) is 9.46 Å². The molecule has 3 heteroatoms. The summed E-state index contributed by atoms with van der Waals surface area (Å²) in [4.78, 5) is 0.914. The zero-order valence-corrected chi connectivity index (χ0v) is 13.4. The summed E-state index contributed by atoms with van der Waals surface area (Å²) in [6.45, 7) is 6.25. The van der Waals surface area contributed by atoms with Crippen molar-refractivity contribution in [2.24, 2.45) is 11.8 Å². The monoisotopic (exact) mass is 289 g/mol. The molecule has 1 aromatic rings. The molecule has 20 heavy (non-hydrogen) atoms. The molecule has 1 saturated carbocycles. The van der Waals surface area contributed by atoms with Gasteiger partial charge in [0.25, 0.3) is 0 Å². The minimum atomic E-state index is -1.06. The molecule has 0 aromatic heterocycles. The van der Waals surface area contributed by atoms with Crippen molar-refractivity contribution in [3.8, 4) is 6.07 Å². The zero-order chi connectivity index (χ0) is 14.7. The number of nitriles is 1. The summed E-state index contributed by atoms with van der Waals surface area (Å²) < 4.78 is 12.9. The van der Waals surface area contributed by atoms with Gasteiger partial charge in [0.15, 0.2) is 0 Å². The van der Waals surface area contributed by atoms with Gasteiger partial charge in [-0.05, 0) is 50.7 Å². The maximum Gasteiger partial charge on any atom is 0.0668 e. The summed E-state index contributed by atoms with van der Waals surface area (Å²) in [6.07, 6.45) is 4.05. The second-order valence-corrected chi connectivity index (χ2v) is 7.57. The van der Waals surface area contributed by atoms with E-state index in [1.165, 1.54) is 5.56 Å². The predicted octanol–water partition coefficient (Wildman–Crippen LogP) is 4.13. The maximum atomic E-state index is 12.9. The van der Waals surface area contributed by atoms with Crippen LogP contribution in [-0.2, 0) is 10.8 Å². The summed E-state index contributed by atoms with van der Waals surface area (Å²) in [5.41, 5.74) is 2.27. The van der Waals surface area contributed by atoms with Gasteiger partial charge in [-0.25, -0.2) is 0 Å². The second-order valence-electron chi connectivity index (χ2n) is 5.93. The first kappa shape index (κ1) is 15.3. The van der Waals surface area contributed by atoms with Crippen LogP contribution in [0.3, 0.4) is 0 Å². The average Bonchev–Trinajstić information content (AvgIpc) is 2.46. The highest BCUT2D eigenvalue weighted by Gasteiger charge is 2.34. The lowest BCUT2D eigenvalue weighted by Gasteiger charge is -2.32. The molecule has 4 atom stereocenters. The summed E-state index contributed by atoms with van der Waals surface area (Å²) in [5, 5.41) is 9.35. The van der Waals surface area contributed by atoms with Gasteiger partial charge in [-0.1, -0.05) is 31.0 Å². The predicted molar refractivity (Wildman–Crippen MR) is 82.8 cm³/mol. The molecule has 2 rings (SSSR count). The van der Waals surface area contributed by atoms with Gasteiger partial charge in [0, 0.05) is 4.90 Å². The van der Waals surface area contributed by atoms with E-state index in [-0.39, 0.29) is 11.2 Å². The number of benzene rings is 1. The molecule has 0 heterocycles. The molecule has 0 N–H and O–H groups in total. The van der Waals surface area contributed by atoms with E-state index in [1.807, 2.05) is 26.0 Å². The van der Waals surface area contributed by atoms with Gasteiger partial charge in [0.1, 0.15) is 0 Å². The molecule has 4 unspecified atom stereocenters. The molecule has 0 spiro atoms. The molecule has 0 amide bonds. The molecule has 0 radical (unpaired) electrons. The van der Waals surface area contributed by atoms with E-state index in [0.29, 0.717) is 5.92 Å². The van der Waals surface area contributed by atoms with Gasteiger partial charge >= 0.3 is 0 Å². The van der Waals surface area contributed by atoms with E-state index in [0.717, 1.165) is 36.1 Å². The molecule has 2 nitrogen and oxygen atoms in total. The number of hydrogen-bond donors (Lipinski definition) is 0. The van der Waals surface area contributed by atoms with Crippen LogP contribution in [0.1, 0.15) is 43.7 Å². The minimum absolute atomic E-state index is 0.0000983. The number of aryl methyl sites for hydroxylation is 2. The van der Waals surface area contributed by atoms with E-state index in [4.69, 9.17) is 0 Å². The summed E-state index contributed by atoms with van der Waals surface area (Å²) in [6, 6.07) is 8.46. The highest BCUT2D eigenvalue weighted by Crippen LogP contribution is 2.36. The Morgan fingerprint density at radius 2 is 2.10 bits per heavy atom. The standard InChI is InChI=1S/C17H23NOS/c1-4-14-6-7-15(11-18)17(10-14)20(19)16-8-5-12(2)9-13(16)3/h5,8-9,14-15,17H,4,6-7,10H2,1-3H3. The van der Waals surface area contributed by atoms with Crippen LogP contribution >= 0.6 is 0 Å². The van der Waals surface area contributed by atoms with Crippen molar-refractivity contribution in [3.05, 3.63) is 29.3 Å². The normalized spacial score (nSPS) is 27.8. The Morgan fingerprint density at radius 1 is 1.35 bits per heavy atom. The average molecular weight is 289 g/mol. The molecular formula is C17H23NOS. The minimum Gasteiger partial charge on any atom is -0.254 e. The van der Waals surface area contributed by atoms with Gasteiger partial charge in [-0.3, -0.25) is 4.21 Å². The van der Waals surface area contributed by atoms with E-state index in [9.17, 15) is 9.47 Å². The molecule has 108 valence electrons. The topological polar surface area (TPSA) is 40.9 Å². The Bertz CT molecular complexity index is 546. The Kier molecular flexibility index (Phi) is 4.99. The van der Waals surface area contributed by atoms with Crippen LogP contribution in [0.2, 0.25) is 0 Å². The van der Waals surface area contributed by atoms with Crippen molar-refractivity contribution < 1.29 is 4.21 Å². The molecule has 1 fully saturated rings. The lowest BCUT2D eigenvalue weighted by molar-refractivity contribution is 0.313. The van der Waals surface area contributed by atoms with Crippen molar-refractivity contribution >= 4 is 10.8 Å². The van der Waals surface area contributed by atoms with Crippen LogP contribution in [0.25, 0.3) is 0 Å².